The Morgan fingerprint density at radius 2 is 1.85 bits per heavy atom. The number of aliphatic carboxylic acids is 1. The van der Waals surface area contributed by atoms with Crippen molar-refractivity contribution in [3.8, 4) is 0 Å². The molecule has 0 spiro atoms. The van der Waals surface area contributed by atoms with E-state index in [1.54, 1.807) is 0 Å². The number of anilines is 1. The summed E-state index contributed by atoms with van der Waals surface area (Å²) in [7, 11) is -4.83. The molecule has 1 aromatic carbocycles. The smallest absolute Gasteiger partial charge is 0.305 e. The predicted octanol–water partition coefficient (Wildman–Crippen LogP) is 1.02. The van der Waals surface area contributed by atoms with Gasteiger partial charge in [0.1, 0.15) is 0 Å². The van der Waals surface area contributed by atoms with E-state index in [0.717, 1.165) is 0 Å². The molecule has 4 N–H and O–H groups in total. The Bertz CT molecular complexity index is 625. The van der Waals surface area contributed by atoms with Gasteiger partial charge in [-0.2, -0.15) is 13.5 Å². The van der Waals surface area contributed by atoms with Crippen molar-refractivity contribution in [3.05, 3.63) is 24.3 Å². The molecule has 0 saturated heterocycles. The van der Waals surface area contributed by atoms with Crippen molar-refractivity contribution in [2.24, 2.45) is 5.11 Å². The fourth-order valence-corrected chi connectivity index (χ4v) is 2.02. The quantitative estimate of drug-likeness (QED) is 0.453. The lowest BCUT2D eigenvalue weighted by molar-refractivity contribution is -0.138. The van der Waals surface area contributed by atoms with Crippen molar-refractivity contribution in [3.63, 3.8) is 0 Å². The Hall–Kier alpha value is -2.33. The number of carboxylic acids is 1. The minimum atomic E-state index is -4.83. The highest BCUT2D eigenvalue weighted by Gasteiger charge is 2.33. The van der Waals surface area contributed by atoms with Crippen molar-refractivity contribution in [2.75, 3.05) is 5.32 Å². The third-order valence-electron chi connectivity index (χ3n) is 2.28. The number of rotatable bonds is 6. The summed E-state index contributed by atoms with van der Waals surface area (Å²) < 4.78 is 30.8. The zero-order chi connectivity index (χ0) is 15.3. The predicted molar refractivity (Wildman–Crippen MR) is 67.5 cm³/mol. The molecule has 0 aliphatic carbocycles. The highest BCUT2D eigenvalue weighted by molar-refractivity contribution is 7.87. The fourth-order valence-electron chi connectivity index (χ4n) is 1.33. The van der Waals surface area contributed by atoms with E-state index in [2.05, 4.69) is 10.4 Å². The molecule has 1 rings (SSSR count). The third-order valence-corrected chi connectivity index (χ3v) is 3.38. The van der Waals surface area contributed by atoms with Gasteiger partial charge in [0.05, 0.1) is 12.1 Å². The van der Waals surface area contributed by atoms with Crippen LogP contribution < -0.4 is 5.32 Å². The van der Waals surface area contributed by atoms with Crippen LogP contribution in [0, 0.1) is 5.53 Å². The molecule has 0 radical (unpaired) electrons. The Morgan fingerprint density at radius 3 is 2.25 bits per heavy atom. The Morgan fingerprint density at radius 1 is 1.30 bits per heavy atom. The summed E-state index contributed by atoms with van der Waals surface area (Å²) >= 11 is 0. The molecule has 1 amide bonds. The van der Waals surface area contributed by atoms with Crippen molar-refractivity contribution >= 4 is 33.4 Å². The van der Waals surface area contributed by atoms with Crippen LogP contribution in [0.15, 0.2) is 29.4 Å². The lowest BCUT2D eigenvalue weighted by Crippen LogP contribution is -2.36. The van der Waals surface area contributed by atoms with Crippen LogP contribution in [0.2, 0.25) is 0 Å². The SMILES string of the molecule is N=Nc1ccc(NC(=O)C(CC(=O)O)S(=O)(=O)O)cc1. The fraction of sp³-hybridized carbons (Fsp3) is 0.200. The molecule has 0 bridgehead atoms. The molecule has 9 nitrogen and oxygen atoms in total. The Labute approximate surface area is 113 Å². The number of nitrogens with one attached hydrogen (secondary N) is 2. The van der Waals surface area contributed by atoms with Gasteiger partial charge in [-0.25, -0.2) is 5.53 Å². The highest BCUT2D eigenvalue weighted by Crippen LogP contribution is 2.17. The lowest BCUT2D eigenvalue weighted by atomic mass is 10.2. The van der Waals surface area contributed by atoms with Crippen LogP contribution in [0.4, 0.5) is 11.4 Å². The molecule has 0 fully saturated rings. The van der Waals surface area contributed by atoms with Crippen LogP contribution >= 0.6 is 0 Å². The van der Waals surface area contributed by atoms with Crippen LogP contribution in [0.1, 0.15) is 6.42 Å². The van der Waals surface area contributed by atoms with E-state index in [1.807, 2.05) is 0 Å². The normalized spacial score (nSPS) is 12.4. The van der Waals surface area contributed by atoms with E-state index < -0.39 is 33.7 Å². The number of carbonyl (C=O) groups is 2. The van der Waals surface area contributed by atoms with Gasteiger partial charge in [0.25, 0.3) is 10.1 Å². The van der Waals surface area contributed by atoms with Gasteiger partial charge < -0.3 is 10.4 Å². The number of carbonyl (C=O) groups excluding carboxylic acids is 1. The first-order chi connectivity index (χ1) is 9.24. The molecule has 0 heterocycles. The van der Waals surface area contributed by atoms with Crippen LogP contribution in [-0.2, 0) is 19.7 Å². The zero-order valence-electron chi connectivity index (χ0n) is 9.98. The van der Waals surface area contributed by atoms with Gasteiger partial charge in [0.15, 0.2) is 5.25 Å². The highest BCUT2D eigenvalue weighted by atomic mass is 32.2. The van der Waals surface area contributed by atoms with E-state index in [4.69, 9.17) is 15.2 Å². The topological polar surface area (TPSA) is 157 Å². The van der Waals surface area contributed by atoms with Crippen molar-refractivity contribution in [1.29, 1.82) is 5.53 Å². The number of nitrogens with zero attached hydrogens (tertiary/aromatic N) is 1. The molecule has 1 aromatic rings. The number of benzene rings is 1. The molecule has 1 atom stereocenters. The largest absolute Gasteiger partial charge is 0.481 e. The second kappa shape index (κ2) is 6.21. The van der Waals surface area contributed by atoms with Crippen LogP contribution in [-0.4, -0.2) is 35.2 Å². The standard InChI is InChI=1S/C10H11N3O6S/c11-13-7-3-1-6(2-4-7)12-10(16)8(5-9(14)15)20(17,18)19/h1-4,8,11H,5H2,(H,12,16)(H,14,15)(H,17,18,19). The van der Waals surface area contributed by atoms with Gasteiger partial charge in [-0.1, -0.05) is 0 Å². The van der Waals surface area contributed by atoms with E-state index >= 15 is 0 Å². The molecular formula is C10H11N3O6S. The molecule has 0 aliphatic rings. The Kier molecular flexibility index (Phi) is 4.88. The maximum atomic E-state index is 11.7. The van der Waals surface area contributed by atoms with Crippen molar-refractivity contribution in [1.82, 2.24) is 0 Å². The van der Waals surface area contributed by atoms with Crippen molar-refractivity contribution < 1.29 is 27.7 Å². The minimum Gasteiger partial charge on any atom is -0.481 e. The summed E-state index contributed by atoms with van der Waals surface area (Å²) in [5.74, 6) is -2.70. The van der Waals surface area contributed by atoms with Crippen molar-refractivity contribution in [2.45, 2.75) is 11.7 Å². The first kappa shape index (κ1) is 15.7. The zero-order valence-corrected chi connectivity index (χ0v) is 10.8. The number of hydrogen-bond donors (Lipinski definition) is 4. The Balaban J connectivity index is 2.90. The second-order valence-corrected chi connectivity index (χ2v) is 5.35. The third kappa shape index (κ3) is 4.40. The maximum absolute atomic E-state index is 11.7. The number of carboxylic acid groups (broad SMARTS) is 1. The minimum absolute atomic E-state index is 0.182. The van der Waals surface area contributed by atoms with E-state index in [1.165, 1.54) is 24.3 Å². The van der Waals surface area contributed by atoms with Crippen LogP contribution in [0.25, 0.3) is 0 Å². The first-order valence-corrected chi connectivity index (χ1v) is 6.71. The summed E-state index contributed by atoms with van der Waals surface area (Å²) in [6, 6.07) is 5.49. The van der Waals surface area contributed by atoms with E-state index in [0.29, 0.717) is 5.69 Å². The molecule has 0 saturated carbocycles. The number of amides is 1. The van der Waals surface area contributed by atoms with Gasteiger partial charge in [0, 0.05) is 5.69 Å². The second-order valence-electron chi connectivity index (χ2n) is 3.75. The molecule has 1 unspecified atom stereocenters. The summed E-state index contributed by atoms with van der Waals surface area (Å²) in [5, 5.41) is 11.7. The van der Waals surface area contributed by atoms with Gasteiger partial charge in [0.2, 0.25) is 5.91 Å². The summed E-state index contributed by atoms with van der Waals surface area (Å²) in [6.07, 6.45) is -1.05. The molecule has 10 heteroatoms. The monoisotopic (exact) mass is 301 g/mol. The van der Waals surface area contributed by atoms with Gasteiger partial charge in [-0.3, -0.25) is 14.1 Å². The molecule has 0 aliphatic heterocycles. The average Bonchev–Trinajstić information content (AvgIpc) is 2.35. The van der Waals surface area contributed by atoms with Crippen LogP contribution in [0.3, 0.4) is 0 Å². The molecule has 0 aromatic heterocycles. The molecule has 108 valence electrons. The van der Waals surface area contributed by atoms with E-state index in [9.17, 15) is 18.0 Å². The average molecular weight is 301 g/mol. The molecular weight excluding hydrogens is 290 g/mol. The molecule has 20 heavy (non-hydrogen) atoms. The van der Waals surface area contributed by atoms with Gasteiger partial charge in [-0.15, -0.1) is 0 Å². The lowest BCUT2D eigenvalue weighted by Gasteiger charge is -2.12. The maximum Gasteiger partial charge on any atom is 0.305 e. The van der Waals surface area contributed by atoms with E-state index in [-0.39, 0.29) is 5.69 Å². The van der Waals surface area contributed by atoms with Gasteiger partial charge in [-0.05, 0) is 24.3 Å². The summed E-state index contributed by atoms with van der Waals surface area (Å²) in [5.41, 5.74) is 7.24. The first-order valence-electron chi connectivity index (χ1n) is 5.20. The summed E-state index contributed by atoms with van der Waals surface area (Å²) in [4.78, 5) is 22.2. The van der Waals surface area contributed by atoms with Crippen LogP contribution in [0.5, 0.6) is 0 Å². The summed E-state index contributed by atoms with van der Waals surface area (Å²) in [6.45, 7) is 0. The van der Waals surface area contributed by atoms with Gasteiger partial charge >= 0.3 is 5.97 Å². The number of hydrogen-bond acceptors (Lipinski definition) is 6.